The third kappa shape index (κ3) is 5.60. The van der Waals surface area contributed by atoms with Crippen LogP contribution < -0.4 is 15.8 Å². The number of hydrogen-bond donors (Lipinski definition) is 2. The smallest absolute Gasteiger partial charge is 0.251 e. The molecule has 0 unspecified atom stereocenters. The second-order valence-electron chi connectivity index (χ2n) is 4.23. The van der Waals surface area contributed by atoms with Gasteiger partial charge in [-0.2, -0.15) is 0 Å². The molecular formula is C12H18N2O4S. The second kappa shape index (κ2) is 6.42. The Labute approximate surface area is 112 Å². The van der Waals surface area contributed by atoms with Crippen molar-refractivity contribution in [3.05, 3.63) is 23.8 Å². The van der Waals surface area contributed by atoms with Crippen molar-refractivity contribution in [2.24, 2.45) is 0 Å². The topological polar surface area (TPSA) is 98.5 Å². The van der Waals surface area contributed by atoms with Gasteiger partial charge in [-0.1, -0.05) is 0 Å². The lowest BCUT2D eigenvalue weighted by molar-refractivity contribution is 0.0953. The lowest BCUT2D eigenvalue weighted by Crippen LogP contribution is -2.26. The lowest BCUT2D eigenvalue weighted by atomic mass is 10.1. The summed E-state index contributed by atoms with van der Waals surface area (Å²) in [6.07, 6.45) is 1.54. The van der Waals surface area contributed by atoms with E-state index >= 15 is 0 Å². The molecule has 0 aliphatic rings. The Hall–Kier alpha value is -1.76. The molecule has 0 heterocycles. The van der Waals surface area contributed by atoms with Gasteiger partial charge in [-0.05, 0) is 18.6 Å². The molecule has 0 aromatic heterocycles. The van der Waals surface area contributed by atoms with E-state index in [9.17, 15) is 13.2 Å². The van der Waals surface area contributed by atoms with Crippen LogP contribution in [-0.2, 0) is 9.84 Å². The van der Waals surface area contributed by atoms with E-state index in [4.69, 9.17) is 10.5 Å². The number of nitrogens with two attached hydrogens (primary N) is 1. The Kier molecular flexibility index (Phi) is 5.17. The number of rotatable bonds is 6. The molecule has 0 saturated carbocycles. The molecule has 3 N–H and O–H groups in total. The summed E-state index contributed by atoms with van der Waals surface area (Å²) in [6, 6.07) is 4.72. The van der Waals surface area contributed by atoms with Crippen LogP contribution >= 0.6 is 0 Å². The molecule has 1 aromatic carbocycles. The summed E-state index contributed by atoms with van der Waals surface area (Å²) in [6.45, 7) is 0.295. The fourth-order valence-corrected chi connectivity index (χ4v) is 2.18. The molecule has 0 saturated heterocycles. The quantitative estimate of drug-likeness (QED) is 0.584. The minimum atomic E-state index is -3.00. The molecule has 19 heavy (non-hydrogen) atoms. The molecule has 0 atom stereocenters. The summed E-state index contributed by atoms with van der Waals surface area (Å²) >= 11 is 0. The van der Waals surface area contributed by atoms with Crippen LogP contribution in [0.25, 0.3) is 0 Å². The summed E-state index contributed by atoms with van der Waals surface area (Å²) < 4.78 is 26.9. The van der Waals surface area contributed by atoms with E-state index in [0.717, 1.165) is 6.26 Å². The normalized spacial score (nSPS) is 11.1. The predicted molar refractivity (Wildman–Crippen MR) is 74.1 cm³/mol. The van der Waals surface area contributed by atoms with E-state index in [-0.39, 0.29) is 11.7 Å². The highest BCUT2D eigenvalue weighted by atomic mass is 32.2. The van der Waals surface area contributed by atoms with E-state index < -0.39 is 9.84 Å². The number of amides is 1. The molecule has 0 aliphatic heterocycles. The largest absolute Gasteiger partial charge is 0.497 e. The van der Waals surface area contributed by atoms with Crippen LogP contribution in [0.1, 0.15) is 16.8 Å². The number of methoxy groups -OCH3 is 1. The monoisotopic (exact) mass is 286 g/mol. The maximum absolute atomic E-state index is 11.8. The number of carbonyl (C=O) groups excluding carboxylic acids is 1. The average molecular weight is 286 g/mol. The minimum Gasteiger partial charge on any atom is -0.497 e. The molecule has 0 aliphatic carbocycles. The Balaban J connectivity index is 2.56. The molecule has 1 amide bonds. The van der Waals surface area contributed by atoms with Crippen molar-refractivity contribution >= 4 is 21.4 Å². The van der Waals surface area contributed by atoms with Crippen LogP contribution in [0, 0.1) is 0 Å². The number of nitrogens with one attached hydrogen (secondary N) is 1. The highest BCUT2D eigenvalue weighted by Gasteiger charge is 2.08. The van der Waals surface area contributed by atoms with E-state index in [2.05, 4.69) is 5.32 Å². The predicted octanol–water partition coefficient (Wildman–Crippen LogP) is 0.442. The highest BCUT2D eigenvalue weighted by Crippen LogP contribution is 2.18. The maximum Gasteiger partial charge on any atom is 0.251 e. The fourth-order valence-electron chi connectivity index (χ4n) is 1.51. The Bertz CT molecular complexity index is 555. The van der Waals surface area contributed by atoms with Crippen molar-refractivity contribution < 1.29 is 17.9 Å². The summed E-state index contributed by atoms with van der Waals surface area (Å²) in [5.41, 5.74) is 6.46. The third-order valence-corrected chi connectivity index (χ3v) is 3.43. The molecule has 0 radical (unpaired) electrons. The van der Waals surface area contributed by atoms with Crippen LogP contribution in [0.2, 0.25) is 0 Å². The molecular weight excluding hydrogens is 268 g/mol. The van der Waals surface area contributed by atoms with E-state index in [1.807, 2.05) is 0 Å². The van der Waals surface area contributed by atoms with E-state index in [1.165, 1.54) is 13.2 Å². The van der Waals surface area contributed by atoms with Gasteiger partial charge in [0.1, 0.15) is 15.6 Å². The molecule has 106 valence electrons. The van der Waals surface area contributed by atoms with Crippen LogP contribution in [0.3, 0.4) is 0 Å². The van der Waals surface area contributed by atoms with Crippen LogP contribution in [-0.4, -0.2) is 40.0 Å². The van der Waals surface area contributed by atoms with Gasteiger partial charge in [0.05, 0.1) is 12.9 Å². The zero-order valence-corrected chi connectivity index (χ0v) is 11.8. The molecule has 1 aromatic rings. The Morgan fingerprint density at radius 2 is 2.05 bits per heavy atom. The van der Waals surface area contributed by atoms with Gasteiger partial charge in [0.15, 0.2) is 0 Å². The number of anilines is 1. The second-order valence-corrected chi connectivity index (χ2v) is 6.49. The number of ether oxygens (including phenoxy) is 1. The number of carbonyl (C=O) groups is 1. The number of nitrogen functional groups attached to an aromatic ring is 1. The molecule has 0 fully saturated rings. The Morgan fingerprint density at radius 1 is 1.37 bits per heavy atom. The molecule has 6 nitrogen and oxygen atoms in total. The van der Waals surface area contributed by atoms with Crippen molar-refractivity contribution in [3.63, 3.8) is 0 Å². The van der Waals surface area contributed by atoms with E-state index in [1.54, 1.807) is 12.1 Å². The summed E-state index contributed by atoms with van der Waals surface area (Å²) in [7, 11) is -1.51. The van der Waals surface area contributed by atoms with Crippen molar-refractivity contribution in [1.29, 1.82) is 0 Å². The molecule has 0 bridgehead atoms. The van der Waals surface area contributed by atoms with Crippen molar-refractivity contribution in [2.75, 3.05) is 31.4 Å². The standard InChI is InChI=1S/C12H18N2O4S/c1-18-11-7-9(6-10(13)8-11)12(15)14-4-3-5-19(2,16)17/h6-8H,3-5,13H2,1-2H3,(H,14,15). The SMILES string of the molecule is COc1cc(N)cc(C(=O)NCCCS(C)(=O)=O)c1. The first kappa shape index (κ1) is 15.3. The third-order valence-electron chi connectivity index (χ3n) is 2.40. The van der Waals surface area contributed by atoms with Crippen molar-refractivity contribution in [3.8, 4) is 5.75 Å². The van der Waals surface area contributed by atoms with Gasteiger partial charge < -0.3 is 15.8 Å². The van der Waals surface area contributed by atoms with Crippen molar-refractivity contribution in [2.45, 2.75) is 6.42 Å². The van der Waals surface area contributed by atoms with Crippen LogP contribution in [0.5, 0.6) is 5.75 Å². The number of sulfone groups is 1. The lowest BCUT2D eigenvalue weighted by Gasteiger charge is -2.07. The number of hydrogen-bond acceptors (Lipinski definition) is 5. The van der Waals surface area contributed by atoms with Gasteiger partial charge in [0, 0.05) is 30.1 Å². The van der Waals surface area contributed by atoms with E-state index in [0.29, 0.717) is 30.0 Å². The summed E-state index contributed by atoms with van der Waals surface area (Å²) in [4.78, 5) is 11.8. The van der Waals surface area contributed by atoms with Gasteiger partial charge in [0.2, 0.25) is 0 Å². The summed E-state index contributed by atoms with van der Waals surface area (Å²) in [5, 5.41) is 2.64. The van der Waals surface area contributed by atoms with Crippen molar-refractivity contribution in [1.82, 2.24) is 5.32 Å². The first-order chi connectivity index (χ1) is 8.81. The zero-order valence-electron chi connectivity index (χ0n) is 11.0. The van der Waals surface area contributed by atoms with Gasteiger partial charge in [-0.3, -0.25) is 4.79 Å². The van der Waals surface area contributed by atoms with Gasteiger partial charge in [0.25, 0.3) is 5.91 Å². The highest BCUT2D eigenvalue weighted by molar-refractivity contribution is 7.90. The van der Waals surface area contributed by atoms with Crippen LogP contribution in [0.15, 0.2) is 18.2 Å². The van der Waals surface area contributed by atoms with Gasteiger partial charge in [-0.25, -0.2) is 8.42 Å². The minimum absolute atomic E-state index is 0.0491. The zero-order chi connectivity index (χ0) is 14.5. The van der Waals surface area contributed by atoms with Gasteiger partial charge in [-0.15, -0.1) is 0 Å². The fraction of sp³-hybridized carbons (Fsp3) is 0.417. The summed E-state index contributed by atoms with van der Waals surface area (Å²) in [5.74, 6) is 0.244. The Morgan fingerprint density at radius 3 is 2.63 bits per heavy atom. The van der Waals surface area contributed by atoms with Crippen LogP contribution in [0.4, 0.5) is 5.69 Å². The first-order valence-electron chi connectivity index (χ1n) is 5.72. The maximum atomic E-state index is 11.8. The molecule has 1 rings (SSSR count). The van der Waals surface area contributed by atoms with Gasteiger partial charge >= 0.3 is 0 Å². The average Bonchev–Trinajstić information content (AvgIpc) is 2.32. The molecule has 7 heteroatoms. The molecule has 0 spiro atoms. The number of benzene rings is 1. The first-order valence-corrected chi connectivity index (χ1v) is 7.78.